The molecule has 0 bridgehead atoms. The average molecular weight is 668 g/mol. The van der Waals surface area contributed by atoms with Crippen LogP contribution in [0.4, 0.5) is 17.1 Å². The van der Waals surface area contributed by atoms with Crippen molar-refractivity contribution < 1.29 is 8.83 Å². The molecule has 0 unspecified atom stereocenters. The number of nitrogens with zero attached hydrogens (tertiary/aromatic N) is 1. The molecule has 0 saturated carbocycles. The summed E-state index contributed by atoms with van der Waals surface area (Å²) in [6.07, 6.45) is 0. The Bertz CT molecular complexity index is 3050. The predicted molar refractivity (Wildman–Crippen MR) is 216 cm³/mol. The minimum atomic E-state index is -0.121. The molecule has 3 heteroatoms. The summed E-state index contributed by atoms with van der Waals surface area (Å²) in [5.41, 5.74) is 14.2. The summed E-state index contributed by atoms with van der Waals surface area (Å²) in [5, 5.41) is 6.60. The van der Waals surface area contributed by atoms with E-state index in [1.165, 1.54) is 22.3 Å². The molecule has 2 heterocycles. The Labute approximate surface area is 301 Å². The average Bonchev–Trinajstić information content (AvgIpc) is 3.84. The highest BCUT2D eigenvalue weighted by Crippen LogP contribution is 2.52. The van der Waals surface area contributed by atoms with Crippen molar-refractivity contribution in [3.8, 4) is 22.3 Å². The van der Waals surface area contributed by atoms with Gasteiger partial charge >= 0.3 is 0 Å². The van der Waals surface area contributed by atoms with E-state index in [0.29, 0.717) is 0 Å². The third-order valence-corrected chi connectivity index (χ3v) is 11.3. The normalized spacial score (nSPS) is 13.3. The lowest BCUT2D eigenvalue weighted by Gasteiger charge is -2.28. The summed E-state index contributed by atoms with van der Waals surface area (Å²) in [6.45, 7) is 4.68. The number of furan rings is 2. The van der Waals surface area contributed by atoms with Gasteiger partial charge in [-0.25, -0.2) is 0 Å². The third-order valence-electron chi connectivity index (χ3n) is 11.3. The molecule has 3 nitrogen and oxygen atoms in total. The number of fused-ring (bicyclic) bond motifs is 11. The molecule has 10 aromatic rings. The van der Waals surface area contributed by atoms with E-state index in [4.69, 9.17) is 8.83 Å². The van der Waals surface area contributed by atoms with Crippen molar-refractivity contribution in [2.45, 2.75) is 19.3 Å². The Balaban J connectivity index is 1.20. The quantitative estimate of drug-likeness (QED) is 0.187. The Hall–Kier alpha value is -6.58. The fourth-order valence-corrected chi connectivity index (χ4v) is 8.83. The van der Waals surface area contributed by atoms with Crippen LogP contribution in [0, 0.1) is 0 Å². The van der Waals surface area contributed by atoms with Crippen LogP contribution in [0.2, 0.25) is 0 Å². The highest BCUT2D eigenvalue weighted by molar-refractivity contribution is 6.24. The van der Waals surface area contributed by atoms with Crippen LogP contribution in [0.15, 0.2) is 173 Å². The van der Waals surface area contributed by atoms with Gasteiger partial charge in [0.15, 0.2) is 0 Å². The molecule has 0 fully saturated rings. The van der Waals surface area contributed by atoms with Crippen molar-refractivity contribution >= 4 is 71.7 Å². The molecule has 1 aliphatic carbocycles. The molecule has 0 atom stereocenters. The van der Waals surface area contributed by atoms with Crippen molar-refractivity contribution in [2.24, 2.45) is 0 Å². The summed E-state index contributed by atoms with van der Waals surface area (Å²) in [4.78, 5) is 2.39. The van der Waals surface area contributed by atoms with Crippen LogP contribution < -0.4 is 4.90 Å². The smallest absolute Gasteiger partial charge is 0.143 e. The van der Waals surface area contributed by atoms with Crippen LogP contribution in [0.3, 0.4) is 0 Å². The largest absolute Gasteiger partial charge is 0.455 e. The number of hydrogen-bond acceptors (Lipinski definition) is 3. The van der Waals surface area contributed by atoms with Crippen LogP contribution >= 0.6 is 0 Å². The van der Waals surface area contributed by atoms with Crippen LogP contribution in [0.1, 0.15) is 25.0 Å². The zero-order valence-electron chi connectivity index (χ0n) is 28.9. The maximum atomic E-state index is 6.85. The van der Waals surface area contributed by atoms with Crippen LogP contribution in [0.25, 0.3) is 76.9 Å². The number of hydrogen-bond donors (Lipinski definition) is 0. The number of rotatable bonds is 4. The fraction of sp³-hybridized carbons (Fsp3) is 0.0612. The molecule has 0 aliphatic heterocycles. The van der Waals surface area contributed by atoms with Crippen molar-refractivity contribution in [3.63, 3.8) is 0 Å². The van der Waals surface area contributed by atoms with Crippen molar-refractivity contribution in [1.82, 2.24) is 0 Å². The lowest BCUT2D eigenvalue weighted by atomic mass is 9.82. The van der Waals surface area contributed by atoms with Gasteiger partial charge < -0.3 is 13.7 Å². The maximum absolute atomic E-state index is 6.85. The van der Waals surface area contributed by atoms with Crippen LogP contribution in [-0.4, -0.2) is 0 Å². The van der Waals surface area contributed by atoms with E-state index in [1.54, 1.807) is 0 Å². The first-order valence-electron chi connectivity index (χ1n) is 17.9. The molecule has 246 valence electrons. The highest BCUT2D eigenvalue weighted by Gasteiger charge is 2.36. The van der Waals surface area contributed by atoms with E-state index in [9.17, 15) is 0 Å². The zero-order valence-corrected chi connectivity index (χ0v) is 28.9. The minimum absolute atomic E-state index is 0.121. The van der Waals surface area contributed by atoms with Gasteiger partial charge in [0.1, 0.15) is 22.3 Å². The van der Waals surface area contributed by atoms with Gasteiger partial charge in [0, 0.05) is 43.9 Å². The second-order valence-corrected chi connectivity index (χ2v) is 14.5. The summed E-state index contributed by atoms with van der Waals surface area (Å²) in [6, 6.07) is 58.6. The molecule has 0 spiro atoms. The van der Waals surface area contributed by atoms with E-state index in [1.807, 2.05) is 12.1 Å². The fourth-order valence-electron chi connectivity index (χ4n) is 8.83. The number of anilines is 3. The molecule has 52 heavy (non-hydrogen) atoms. The summed E-state index contributed by atoms with van der Waals surface area (Å²) >= 11 is 0. The van der Waals surface area contributed by atoms with Crippen LogP contribution in [0.5, 0.6) is 0 Å². The van der Waals surface area contributed by atoms with Gasteiger partial charge in [0.2, 0.25) is 0 Å². The van der Waals surface area contributed by atoms with E-state index in [2.05, 4.69) is 170 Å². The SMILES string of the molecule is CC1(C)c2ccccc2-c2ccc(N(c3ccccc3)c3cccc4oc5c6ccccc6c(-c6cccc7c6oc6ccccc67)cc5c34)cc21. The molecule has 2 aromatic heterocycles. The first-order chi connectivity index (χ1) is 25.6. The second-order valence-electron chi connectivity index (χ2n) is 14.5. The highest BCUT2D eigenvalue weighted by atomic mass is 16.3. The standard InChI is InChI=1S/C49H33NO2/c1-49(2)41-22-10-8-17-33(41)34-27-26-31(28-42(34)49)50(30-14-4-3-5-15-30)43-23-13-25-45-46(43)40-29-39(32-16-6-7-19-36(32)48(40)52-45)38-21-12-20-37-35-18-9-11-24-44(35)51-47(37)38/h3-29H,1-2H3. The Morgan fingerprint density at radius 3 is 1.92 bits per heavy atom. The van der Waals surface area contributed by atoms with Gasteiger partial charge in [-0.15, -0.1) is 0 Å². The molecule has 1 aliphatic rings. The summed E-state index contributed by atoms with van der Waals surface area (Å²) in [5.74, 6) is 0. The Kier molecular flexibility index (Phi) is 6.01. The molecule has 0 saturated heterocycles. The Morgan fingerprint density at radius 1 is 0.404 bits per heavy atom. The van der Waals surface area contributed by atoms with E-state index in [0.717, 1.165) is 82.8 Å². The second kappa shape index (κ2) is 10.7. The maximum Gasteiger partial charge on any atom is 0.143 e. The molecule has 8 aromatic carbocycles. The van der Waals surface area contributed by atoms with Crippen molar-refractivity contribution in [3.05, 3.63) is 175 Å². The van der Waals surface area contributed by atoms with Gasteiger partial charge in [-0.1, -0.05) is 129 Å². The van der Waals surface area contributed by atoms with Crippen molar-refractivity contribution in [1.29, 1.82) is 0 Å². The Morgan fingerprint density at radius 2 is 1.04 bits per heavy atom. The minimum Gasteiger partial charge on any atom is -0.455 e. The molecular weight excluding hydrogens is 635 g/mol. The summed E-state index contributed by atoms with van der Waals surface area (Å²) < 4.78 is 13.4. The first-order valence-corrected chi connectivity index (χ1v) is 17.9. The van der Waals surface area contributed by atoms with E-state index in [-0.39, 0.29) is 5.41 Å². The lowest BCUT2D eigenvalue weighted by molar-refractivity contribution is 0.660. The first kappa shape index (κ1) is 29.2. The van der Waals surface area contributed by atoms with Gasteiger partial charge in [0.05, 0.1) is 11.1 Å². The molecule has 0 radical (unpaired) electrons. The molecule has 0 N–H and O–H groups in total. The van der Waals surface area contributed by atoms with Gasteiger partial charge in [-0.3, -0.25) is 0 Å². The lowest BCUT2D eigenvalue weighted by Crippen LogP contribution is -2.16. The molecule has 11 rings (SSSR count). The topological polar surface area (TPSA) is 29.5 Å². The summed E-state index contributed by atoms with van der Waals surface area (Å²) in [7, 11) is 0. The van der Waals surface area contributed by atoms with Gasteiger partial charge in [-0.05, 0) is 81.7 Å². The molecule has 0 amide bonds. The third kappa shape index (κ3) is 4.02. The van der Waals surface area contributed by atoms with Crippen molar-refractivity contribution in [2.75, 3.05) is 4.90 Å². The van der Waals surface area contributed by atoms with Crippen LogP contribution in [-0.2, 0) is 5.41 Å². The monoisotopic (exact) mass is 667 g/mol. The molecular formula is C49H33NO2. The number of para-hydroxylation sites is 3. The van der Waals surface area contributed by atoms with E-state index < -0.39 is 0 Å². The van der Waals surface area contributed by atoms with Gasteiger partial charge in [0.25, 0.3) is 0 Å². The zero-order chi connectivity index (χ0) is 34.6. The predicted octanol–water partition coefficient (Wildman–Crippen LogP) is 14.1. The van der Waals surface area contributed by atoms with Gasteiger partial charge in [-0.2, -0.15) is 0 Å². The van der Waals surface area contributed by atoms with E-state index >= 15 is 0 Å². The number of benzene rings is 8.